The molecule has 1 aromatic heterocycles. The molecule has 0 unspecified atom stereocenters. The average Bonchev–Trinajstić information content (AvgIpc) is 2.94. The SMILES string of the molecule is C/C=C(/C(=O)OC)c1cc(S/C=C/NC(C)=O)c(C(=O)OC)[nH]1. The average molecular weight is 338 g/mol. The van der Waals surface area contributed by atoms with E-state index in [1.165, 1.54) is 39.1 Å². The van der Waals surface area contributed by atoms with E-state index in [9.17, 15) is 14.4 Å². The molecule has 0 fully saturated rings. The molecule has 7 nitrogen and oxygen atoms in total. The summed E-state index contributed by atoms with van der Waals surface area (Å²) in [5, 5.41) is 4.10. The first-order valence-corrected chi connectivity index (χ1v) is 7.47. The lowest BCUT2D eigenvalue weighted by molar-refractivity contribution is -0.133. The minimum Gasteiger partial charge on any atom is -0.465 e. The molecule has 2 N–H and O–H groups in total. The molecule has 0 aliphatic rings. The number of methoxy groups -OCH3 is 2. The number of carbonyl (C=O) groups is 3. The minimum absolute atomic E-state index is 0.202. The van der Waals surface area contributed by atoms with Gasteiger partial charge in [-0.2, -0.15) is 0 Å². The van der Waals surface area contributed by atoms with Gasteiger partial charge < -0.3 is 19.8 Å². The van der Waals surface area contributed by atoms with Gasteiger partial charge in [0.2, 0.25) is 5.91 Å². The molecule has 0 aromatic carbocycles. The van der Waals surface area contributed by atoms with E-state index >= 15 is 0 Å². The van der Waals surface area contributed by atoms with Gasteiger partial charge in [-0.15, -0.1) is 0 Å². The van der Waals surface area contributed by atoms with Crippen molar-refractivity contribution in [2.45, 2.75) is 18.7 Å². The predicted octanol–water partition coefficient (Wildman–Crippen LogP) is 2.08. The number of ether oxygens (including phenoxy) is 2. The number of hydrogen-bond acceptors (Lipinski definition) is 6. The van der Waals surface area contributed by atoms with Crippen LogP contribution in [0.25, 0.3) is 5.57 Å². The third kappa shape index (κ3) is 5.03. The van der Waals surface area contributed by atoms with Gasteiger partial charge in [0, 0.05) is 18.0 Å². The Balaban J connectivity index is 3.13. The Morgan fingerprint density at radius 3 is 2.48 bits per heavy atom. The number of rotatable bonds is 6. The number of nitrogens with one attached hydrogen (secondary N) is 2. The molecule has 1 heterocycles. The van der Waals surface area contributed by atoms with E-state index in [0.717, 1.165) is 0 Å². The second-order valence-corrected chi connectivity index (χ2v) is 5.18. The fourth-order valence-electron chi connectivity index (χ4n) is 1.68. The highest BCUT2D eigenvalue weighted by molar-refractivity contribution is 8.02. The van der Waals surface area contributed by atoms with Crippen molar-refractivity contribution in [3.8, 4) is 0 Å². The van der Waals surface area contributed by atoms with Crippen LogP contribution >= 0.6 is 11.8 Å². The lowest BCUT2D eigenvalue weighted by Crippen LogP contribution is -2.10. The summed E-state index contributed by atoms with van der Waals surface area (Å²) < 4.78 is 9.43. The quantitative estimate of drug-likeness (QED) is 0.468. The molecule has 1 amide bonds. The second kappa shape index (κ2) is 8.84. The largest absolute Gasteiger partial charge is 0.465 e. The highest BCUT2D eigenvalue weighted by atomic mass is 32.2. The number of esters is 2. The second-order valence-electron chi connectivity index (χ2n) is 4.23. The highest BCUT2D eigenvalue weighted by Crippen LogP contribution is 2.28. The van der Waals surface area contributed by atoms with Crippen LogP contribution in [0.1, 0.15) is 30.0 Å². The maximum atomic E-state index is 11.8. The lowest BCUT2D eigenvalue weighted by Gasteiger charge is -2.01. The molecule has 23 heavy (non-hydrogen) atoms. The van der Waals surface area contributed by atoms with Crippen LogP contribution in [-0.4, -0.2) is 37.0 Å². The Labute approximate surface area is 138 Å². The zero-order valence-corrected chi connectivity index (χ0v) is 14.1. The fourth-order valence-corrected chi connectivity index (χ4v) is 2.40. The van der Waals surface area contributed by atoms with Gasteiger partial charge in [-0.25, -0.2) is 9.59 Å². The zero-order valence-electron chi connectivity index (χ0n) is 13.3. The molecule has 0 spiro atoms. The molecular weight excluding hydrogens is 320 g/mol. The van der Waals surface area contributed by atoms with Gasteiger partial charge in [0.05, 0.1) is 25.5 Å². The van der Waals surface area contributed by atoms with Crippen LogP contribution < -0.4 is 5.32 Å². The van der Waals surface area contributed by atoms with Crippen molar-refractivity contribution in [3.63, 3.8) is 0 Å². The highest BCUT2D eigenvalue weighted by Gasteiger charge is 2.20. The van der Waals surface area contributed by atoms with E-state index in [1.807, 2.05) is 0 Å². The summed E-state index contributed by atoms with van der Waals surface area (Å²) in [6, 6.07) is 1.64. The van der Waals surface area contributed by atoms with Gasteiger partial charge in [0.15, 0.2) is 0 Å². The predicted molar refractivity (Wildman–Crippen MR) is 86.6 cm³/mol. The Hall–Kier alpha value is -2.48. The number of thioether (sulfide) groups is 1. The number of hydrogen-bond donors (Lipinski definition) is 2. The summed E-state index contributed by atoms with van der Waals surface area (Å²) in [7, 11) is 2.54. The van der Waals surface area contributed by atoms with Crippen molar-refractivity contribution >= 4 is 35.2 Å². The van der Waals surface area contributed by atoms with Crippen LogP contribution in [-0.2, 0) is 19.1 Å². The standard InChI is InChI=1S/C15H18N2O5S/c1-5-10(14(19)21-3)11-8-12(13(17-11)15(20)22-4)23-7-6-16-9(2)18/h5-8,17H,1-4H3,(H,16,18)/b7-6+,10-5+. The van der Waals surface area contributed by atoms with E-state index in [0.29, 0.717) is 16.2 Å². The molecule has 0 aliphatic carbocycles. The molecule has 0 aliphatic heterocycles. The number of amides is 1. The Kier molecular flexibility index (Phi) is 7.14. The van der Waals surface area contributed by atoms with Gasteiger partial charge in [0.25, 0.3) is 0 Å². The molecule has 8 heteroatoms. The molecule has 0 bridgehead atoms. The summed E-state index contributed by atoms with van der Waals surface area (Å²) in [5.41, 5.74) is 0.953. The third-order valence-electron chi connectivity index (χ3n) is 2.70. The molecule has 1 rings (SSSR count). The van der Waals surface area contributed by atoms with E-state index in [1.54, 1.807) is 24.5 Å². The lowest BCUT2D eigenvalue weighted by atomic mass is 10.2. The number of aromatic nitrogens is 1. The van der Waals surface area contributed by atoms with Crippen LogP contribution in [0.4, 0.5) is 0 Å². The first-order chi connectivity index (χ1) is 10.9. The van der Waals surface area contributed by atoms with E-state index in [-0.39, 0.29) is 11.6 Å². The van der Waals surface area contributed by atoms with Gasteiger partial charge in [-0.3, -0.25) is 4.79 Å². The van der Waals surface area contributed by atoms with Gasteiger partial charge in [0.1, 0.15) is 5.69 Å². The molecule has 0 saturated carbocycles. The maximum absolute atomic E-state index is 11.8. The van der Waals surface area contributed by atoms with Crippen molar-refractivity contribution in [2.24, 2.45) is 0 Å². The molecular formula is C15H18N2O5S. The van der Waals surface area contributed by atoms with E-state index in [2.05, 4.69) is 10.3 Å². The summed E-state index contributed by atoms with van der Waals surface area (Å²) in [5.74, 6) is -1.28. The van der Waals surface area contributed by atoms with Crippen molar-refractivity contribution in [2.75, 3.05) is 14.2 Å². The van der Waals surface area contributed by atoms with Crippen molar-refractivity contribution in [3.05, 3.63) is 35.1 Å². The first-order valence-electron chi connectivity index (χ1n) is 6.59. The van der Waals surface area contributed by atoms with Crippen LogP contribution in [0.2, 0.25) is 0 Å². The Bertz CT molecular complexity index is 661. The van der Waals surface area contributed by atoms with Crippen LogP contribution in [0.5, 0.6) is 0 Å². The summed E-state index contributed by atoms with van der Waals surface area (Å²) in [6.07, 6.45) is 3.04. The monoisotopic (exact) mass is 338 g/mol. The molecule has 124 valence electrons. The van der Waals surface area contributed by atoms with Gasteiger partial charge >= 0.3 is 11.9 Å². The van der Waals surface area contributed by atoms with Crippen LogP contribution in [0.3, 0.4) is 0 Å². The number of aromatic amines is 1. The molecule has 0 saturated heterocycles. The topological polar surface area (TPSA) is 97.5 Å². The van der Waals surface area contributed by atoms with Crippen molar-refractivity contribution in [1.82, 2.24) is 10.3 Å². The van der Waals surface area contributed by atoms with Crippen molar-refractivity contribution in [1.29, 1.82) is 0 Å². The first kappa shape index (κ1) is 18.6. The smallest absolute Gasteiger partial charge is 0.355 e. The van der Waals surface area contributed by atoms with E-state index < -0.39 is 11.9 Å². The Morgan fingerprint density at radius 2 is 1.96 bits per heavy atom. The minimum atomic E-state index is -0.563. The molecule has 1 aromatic rings. The Morgan fingerprint density at radius 1 is 1.26 bits per heavy atom. The molecule has 0 atom stereocenters. The fraction of sp³-hybridized carbons (Fsp3) is 0.267. The van der Waals surface area contributed by atoms with Crippen LogP contribution in [0, 0.1) is 0 Å². The van der Waals surface area contributed by atoms with E-state index in [4.69, 9.17) is 9.47 Å². The number of H-pyrrole nitrogens is 1. The maximum Gasteiger partial charge on any atom is 0.355 e. The normalized spacial score (nSPS) is 11.4. The van der Waals surface area contributed by atoms with Crippen LogP contribution in [0.15, 0.2) is 28.6 Å². The van der Waals surface area contributed by atoms with Gasteiger partial charge in [-0.05, 0) is 18.4 Å². The third-order valence-corrected chi connectivity index (χ3v) is 3.55. The summed E-state index contributed by atoms with van der Waals surface area (Å²) in [6.45, 7) is 3.08. The molecule has 0 radical (unpaired) electrons. The number of allylic oxidation sites excluding steroid dienone is 1. The zero-order chi connectivity index (χ0) is 17.4. The summed E-state index contributed by atoms with van der Waals surface area (Å²) in [4.78, 5) is 37.8. The number of carbonyl (C=O) groups excluding carboxylic acids is 3. The van der Waals surface area contributed by atoms with Crippen molar-refractivity contribution < 1.29 is 23.9 Å². The summed E-state index contributed by atoms with van der Waals surface area (Å²) >= 11 is 1.19. The van der Waals surface area contributed by atoms with Gasteiger partial charge in [-0.1, -0.05) is 17.8 Å².